The van der Waals surface area contributed by atoms with E-state index in [1.807, 2.05) is 41.4 Å². The summed E-state index contributed by atoms with van der Waals surface area (Å²) in [5, 5.41) is 6.04. The molecule has 0 saturated heterocycles. The molecule has 20 heavy (non-hydrogen) atoms. The molecule has 98 valence electrons. The highest BCUT2D eigenvalue weighted by molar-refractivity contribution is 7.20. The molecule has 0 bridgehead atoms. The van der Waals surface area contributed by atoms with Crippen molar-refractivity contribution in [1.29, 1.82) is 0 Å². The van der Waals surface area contributed by atoms with Gasteiger partial charge in [-0.05, 0) is 18.2 Å². The molecular weight excluding hydrogens is 274 g/mol. The fourth-order valence-corrected chi connectivity index (χ4v) is 2.96. The summed E-state index contributed by atoms with van der Waals surface area (Å²) in [5.74, 6) is 0.332. The summed E-state index contributed by atoms with van der Waals surface area (Å²) in [7, 11) is 0. The normalized spacial score (nSPS) is 16.7. The highest BCUT2D eigenvalue weighted by Gasteiger charge is 2.29. The summed E-state index contributed by atoms with van der Waals surface area (Å²) in [6.07, 6.45) is 5.31. The summed E-state index contributed by atoms with van der Waals surface area (Å²) >= 11 is 1.38. The van der Waals surface area contributed by atoms with Crippen LogP contribution in [0.4, 0.5) is 0 Å². The van der Waals surface area contributed by atoms with Gasteiger partial charge in [0.25, 0.3) is 0 Å². The highest BCUT2D eigenvalue weighted by Crippen LogP contribution is 2.24. The van der Waals surface area contributed by atoms with Crippen LogP contribution in [0.1, 0.15) is 9.80 Å². The number of amides is 1. The largest absolute Gasteiger partial charge is 0.304 e. The second-order valence-electron chi connectivity index (χ2n) is 4.32. The Kier molecular flexibility index (Phi) is 2.40. The number of hydrazone groups is 1. The zero-order valence-corrected chi connectivity index (χ0v) is 11.1. The molecular formula is C13H9N5OS. The molecule has 0 unspecified atom stereocenters. The van der Waals surface area contributed by atoms with Crippen molar-refractivity contribution < 1.29 is 4.79 Å². The van der Waals surface area contributed by atoms with Gasteiger partial charge in [-0.3, -0.25) is 9.69 Å². The number of para-hydroxylation sites is 1. The van der Waals surface area contributed by atoms with E-state index in [-0.39, 0.29) is 5.91 Å². The van der Waals surface area contributed by atoms with E-state index in [4.69, 9.17) is 0 Å². The van der Waals surface area contributed by atoms with Crippen molar-refractivity contribution in [1.82, 2.24) is 14.9 Å². The minimum atomic E-state index is -0.198. The number of hydrogen-bond donors (Lipinski definition) is 0. The summed E-state index contributed by atoms with van der Waals surface area (Å²) in [5.41, 5.74) is 0.836. The Morgan fingerprint density at radius 1 is 1.30 bits per heavy atom. The van der Waals surface area contributed by atoms with Gasteiger partial charge in [0, 0.05) is 12.4 Å². The topological polar surface area (TPSA) is 61.2 Å². The Morgan fingerprint density at radius 3 is 3.05 bits per heavy atom. The number of hydrogen-bond acceptors (Lipinski definition) is 6. The van der Waals surface area contributed by atoms with Crippen molar-refractivity contribution in [3.63, 3.8) is 0 Å². The van der Waals surface area contributed by atoms with E-state index < -0.39 is 0 Å². The molecule has 7 heteroatoms. The SMILES string of the molecule is O=C(c1nc2ccccc2s1)N1CN2C=CC=NC2=N1. The Bertz CT molecular complexity index is 758. The van der Waals surface area contributed by atoms with Crippen LogP contribution in [0.25, 0.3) is 10.2 Å². The van der Waals surface area contributed by atoms with Gasteiger partial charge in [0.15, 0.2) is 5.01 Å². The number of benzene rings is 1. The zero-order valence-electron chi connectivity index (χ0n) is 10.3. The lowest BCUT2D eigenvalue weighted by Crippen LogP contribution is -2.30. The van der Waals surface area contributed by atoms with Crippen LogP contribution in [0.3, 0.4) is 0 Å². The maximum Gasteiger partial charge on any atom is 0.304 e. The Morgan fingerprint density at radius 2 is 2.20 bits per heavy atom. The summed E-state index contributed by atoms with van der Waals surface area (Å²) < 4.78 is 0.998. The zero-order chi connectivity index (χ0) is 13.5. The van der Waals surface area contributed by atoms with Crippen LogP contribution in [0.15, 0.2) is 46.6 Å². The van der Waals surface area contributed by atoms with Gasteiger partial charge in [-0.25, -0.2) is 15.0 Å². The number of fused-ring (bicyclic) bond motifs is 2. The van der Waals surface area contributed by atoms with E-state index in [0.29, 0.717) is 17.6 Å². The van der Waals surface area contributed by atoms with Gasteiger partial charge in [-0.2, -0.15) is 0 Å². The van der Waals surface area contributed by atoms with E-state index in [9.17, 15) is 4.79 Å². The summed E-state index contributed by atoms with van der Waals surface area (Å²) in [6.45, 7) is 0.373. The third-order valence-corrected chi connectivity index (χ3v) is 4.03. The first-order valence-electron chi connectivity index (χ1n) is 6.05. The molecule has 0 radical (unpaired) electrons. The lowest BCUT2D eigenvalue weighted by molar-refractivity contribution is 0.0749. The minimum Gasteiger partial charge on any atom is -0.296 e. The van der Waals surface area contributed by atoms with E-state index in [2.05, 4.69) is 15.1 Å². The van der Waals surface area contributed by atoms with Crippen molar-refractivity contribution in [3.8, 4) is 0 Å². The van der Waals surface area contributed by atoms with Crippen LogP contribution >= 0.6 is 11.3 Å². The molecule has 2 aliphatic rings. The standard InChI is InChI=1S/C13H9N5OS/c19-12(11-15-9-4-1-2-5-10(9)20-11)18-8-17-7-3-6-14-13(17)16-18/h1-7H,8H2. The number of allylic oxidation sites excluding steroid dienone is 1. The van der Waals surface area contributed by atoms with E-state index in [1.54, 1.807) is 6.21 Å². The first-order chi connectivity index (χ1) is 9.81. The second-order valence-corrected chi connectivity index (χ2v) is 5.35. The Labute approximate surface area is 118 Å². The third-order valence-electron chi connectivity index (χ3n) is 3.01. The van der Waals surface area contributed by atoms with Crippen LogP contribution in [-0.4, -0.2) is 39.6 Å². The molecule has 0 spiro atoms. The fraction of sp³-hybridized carbons (Fsp3) is 0.0769. The smallest absolute Gasteiger partial charge is 0.296 e. The molecule has 0 fully saturated rings. The van der Waals surface area contributed by atoms with Gasteiger partial charge in [-0.1, -0.05) is 12.1 Å². The highest BCUT2D eigenvalue weighted by atomic mass is 32.1. The quantitative estimate of drug-likeness (QED) is 0.803. The van der Waals surface area contributed by atoms with Gasteiger partial charge < -0.3 is 0 Å². The third kappa shape index (κ3) is 1.71. The Hall–Kier alpha value is -2.54. The average Bonchev–Trinajstić information content (AvgIpc) is 3.10. The minimum absolute atomic E-state index is 0.198. The van der Waals surface area contributed by atoms with Crippen LogP contribution in [-0.2, 0) is 0 Å². The van der Waals surface area contributed by atoms with Crippen LogP contribution in [0, 0.1) is 0 Å². The van der Waals surface area contributed by atoms with Gasteiger partial charge in [0.2, 0.25) is 5.96 Å². The molecule has 2 aromatic rings. The van der Waals surface area contributed by atoms with Crippen molar-refractivity contribution in [2.75, 3.05) is 6.67 Å². The molecule has 3 heterocycles. The predicted octanol–water partition coefficient (Wildman–Crippen LogP) is 1.88. The Balaban J connectivity index is 1.66. The molecule has 4 rings (SSSR count). The lowest BCUT2D eigenvalue weighted by Gasteiger charge is -2.14. The molecule has 0 aliphatic carbocycles. The van der Waals surface area contributed by atoms with Crippen LogP contribution in [0.5, 0.6) is 0 Å². The number of carbonyl (C=O) groups is 1. The molecule has 0 atom stereocenters. The molecule has 1 aromatic heterocycles. The number of carbonyl (C=O) groups excluding carboxylic acids is 1. The number of nitrogens with zero attached hydrogens (tertiary/aromatic N) is 5. The van der Waals surface area contributed by atoms with E-state index in [1.165, 1.54) is 16.3 Å². The van der Waals surface area contributed by atoms with Crippen LogP contribution < -0.4 is 0 Å². The van der Waals surface area contributed by atoms with Gasteiger partial charge >= 0.3 is 5.91 Å². The van der Waals surface area contributed by atoms with Gasteiger partial charge in [-0.15, -0.1) is 16.4 Å². The van der Waals surface area contributed by atoms with Crippen molar-refractivity contribution in [2.45, 2.75) is 0 Å². The molecule has 1 amide bonds. The van der Waals surface area contributed by atoms with Crippen molar-refractivity contribution >= 4 is 39.6 Å². The number of rotatable bonds is 1. The van der Waals surface area contributed by atoms with Crippen molar-refractivity contribution in [2.24, 2.45) is 10.1 Å². The second kappa shape index (κ2) is 4.24. The summed E-state index contributed by atoms with van der Waals surface area (Å²) in [6, 6.07) is 7.70. The maximum atomic E-state index is 12.4. The average molecular weight is 283 g/mol. The van der Waals surface area contributed by atoms with E-state index >= 15 is 0 Å². The van der Waals surface area contributed by atoms with Crippen LogP contribution in [0.2, 0.25) is 0 Å². The number of aromatic nitrogens is 1. The molecule has 0 saturated carbocycles. The first-order valence-corrected chi connectivity index (χ1v) is 6.86. The lowest BCUT2D eigenvalue weighted by atomic mass is 10.3. The molecule has 6 nitrogen and oxygen atoms in total. The van der Waals surface area contributed by atoms with Crippen molar-refractivity contribution in [3.05, 3.63) is 41.5 Å². The van der Waals surface area contributed by atoms with E-state index in [0.717, 1.165) is 10.2 Å². The fourth-order valence-electron chi connectivity index (χ4n) is 2.05. The van der Waals surface area contributed by atoms with Gasteiger partial charge in [0.1, 0.15) is 6.67 Å². The molecule has 0 N–H and O–H groups in total. The maximum absolute atomic E-state index is 12.4. The first kappa shape index (κ1) is 11.3. The molecule has 1 aromatic carbocycles. The summed E-state index contributed by atoms with van der Waals surface area (Å²) in [4.78, 5) is 22.7. The number of guanidine groups is 1. The van der Waals surface area contributed by atoms with Gasteiger partial charge in [0.05, 0.1) is 10.2 Å². The number of thiazole rings is 1. The predicted molar refractivity (Wildman–Crippen MR) is 77.6 cm³/mol. The molecule has 2 aliphatic heterocycles. The number of aliphatic imine (C=N–C) groups is 1. The monoisotopic (exact) mass is 283 g/mol.